The molecule has 0 aliphatic carbocycles. The van der Waals surface area contributed by atoms with Crippen molar-refractivity contribution in [2.24, 2.45) is 0 Å². The summed E-state index contributed by atoms with van der Waals surface area (Å²) in [5.74, 6) is 1.05. The minimum Gasteiger partial charge on any atom is -0.444 e. The van der Waals surface area contributed by atoms with E-state index in [1.165, 1.54) is 0 Å². The second kappa shape index (κ2) is 10.3. The van der Waals surface area contributed by atoms with Crippen molar-refractivity contribution in [2.75, 3.05) is 11.9 Å². The molecule has 0 saturated carbocycles. The lowest BCUT2D eigenvalue weighted by Gasteiger charge is -2.22. The van der Waals surface area contributed by atoms with Crippen molar-refractivity contribution in [3.63, 3.8) is 0 Å². The number of amides is 1. The van der Waals surface area contributed by atoms with Crippen LogP contribution in [0, 0.1) is 0 Å². The molecule has 0 spiro atoms. The van der Waals surface area contributed by atoms with E-state index in [0.717, 1.165) is 11.3 Å². The predicted octanol–water partition coefficient (Wildman–Crippen LogP) is 4.62. The number of H-pyrrole nitrogens is 1. The first-order valence-electron chi connectivity index (χ1n) is 9.13. The van der Waals surface area contributed by atoms with Crippen molar-refractivity contribution >= 4 is 35.8 Å². The molecule has 1 amide bonds. The highest BCUT2D eigenvalue weighted by molar-refractivity contribution is 6.29. The van der Waals surface area contributed by atoms with E-state index < -0.39 is 11.7 Å². The molecule has 0 saturated heterocycles. The zero-order chi connectivity index (χ0) is 20.9. The number of alkyl carbamates (subject to hydrolysis) is 1. The Bertz CT molecular complexity index is 959. The molecule has 160 valence electrons. The summed E-state index contributed by atoms with van der Waals surface area (Å²) in [6.45, 7) is 5.69. The molecule has 0 fully saturated rings. The zero-order valence-corrected chi connectivity index (χ0v) is 18.4. The van der Waals surface area contributed by atoms with Crippen molar-refractivity contribution in [3.8, 4) is 11.4 Å². The van der Waals surface area contributed by atoms with Crippen LogP contribution >= 0.6 is 24.0 Å². The van der Waals surface area contributed by atoms with Gasteiger partial charge >= 0.3 is 6.09 Å². The average Bonchev–Trinajstić information content (AvgIpc) is 3.15. The molecule has 3 aromatic rings. The average molecular weight is 451 g/mol. The number of anilines is 1. The molecule has 0 aliphatic heterocycles. The summed E-state index contributed by atoms with van der Waals surface area (Å²) in [6.07, 6.45) is 1.09. The van der Waals surface area contributed by atoms with E-state index >= 15 is 0 Å². The number of nitrogens with one attached hydrogen (secondary N) is 3. The summed E-state index contributed by atoms with van der Waals surface area (Å²) >= 11 is 5.96. The monoisotopic (exact) mass is 450 g/mol. The number of halogens is 2. The molecule has 10 heteroatoms. The highest BCUT2D eigenvalue weighted by Gasteiger charge is 2.21. The standard InChI is InChI=1S/C20H23ClN6O2.ClH/c1-20(2,3)29-19(28)23-12-15(24-14-7-5-4-6-8-14)18-25-17(26-27-18)13-9-10-22-16(21)11-13;/h4-11,15,24H,12H2,1-3H3,(H,23,28)(H,25,26,27);1H. The van der Waals surface area contributed by atoms with Gasteiger partial charge in [-0.25, -0.2) is 14.8 Å². The van der Waals surface area contributed by atoms with Gasteiger partial charge in [-0.05, 0) is 45.0 Å². The lowest BCUT2D eigenvalue weighted by Crippen LogP contribution is -2.36. The van der Waals surface area contributed by atoms with Crippen LogP contribution in [0.1, 0.15) is 32.6 Å². The quantitative estimate of drug-likeness (QED) is 0.473. The third kappa shape index (κ3) is 6.89. The van der Waals surface area contributed by atoms with E-state index in [-0.39, 0.29) is 25.0 Å². The van der Waals surface area contributed by atoms with Gasteiger partial charge in [0.25, 0.3) is 0 Å². The van der Waals surface area contributed by atoms with Crippen LogP contribution in [0.3, 0.4) is 0 Å². The first kappa shape index (κ1) is 23.4. The van der Waals surface area contributed by atoms with Gasteiger partial charge in [0.05, 0.1) is 0 Å². The molecule has 2 aromatic heterocycles. The minimum atomic E-state index is -0.577. The third-order valence-electron chi connectivity index (χ3n) is 3.78. The van der Waals surface area contributed by atoms with Crippen LogP contribution in [-0.4, -0.2) is 38.4 Å². The van der Waals surface area contributed by atoms with Crippen LogP contribution in [0.5, 0.6) is 0 Å². The molecule has 3 rings (SSSR count). The number of pyridine rings is 1. The molecule has 1 atom stereocenters. The summed E-state index contributed by atoms with van der Waals surface area (Å²) in [7, 11) is 0. The van der Waals surface area contributed by atoms with E-state index in [9.17, 15) is 4.79 Å². The summed E-state index contributed by atoms with van der Waals surface area (Å²) in [6, 6.07) is 12.7. The lowest BCUT2D eigenvalue weighted by atomic mass is 10.2. The Morgan fingerprint density at radius 2 is 1.97 bits per heavy atom. The van der Waals surface area contributed by atoms with Crippen LogP contribution < -0.4 is 10.6 Å². The van der Waals surface area contributed by atoms with Gasteiger partial charge in [-0.2, -0.15) is 5.10 Å². The van der Waals surface area contributed by atoms with Gasteiger partial charge in [-0.1, -0.05) is 29.8 Å². The van der Waals surface area contributed by atoms with Crippen molar-refractivity contribution in [2.45, 2.75) is 32.4 Å². The van der Waals surface area contributed by atoms with Gasteiger partial charge in [0.15, 0.2) is 5.82 Å². The number of carbonyl (C=O) groups excluding carboxylic acids is 1. The summed E-state index contributed by atoms with van der Waals surface area (Å²) < 4.78 is 5.32. The van der Waals surface area contributed by atoms with Crippen molar-refractivity contribution < 1.29 is 9.53 Å². The number of aromatic nitrogens is 4. The fourth-order valence-electron chi connectivity index (χ4n) is 2.55. The fraction of sp³-hybridized carbons (Fsp3) is 0.300. The Balaban J connectivity index is 0.00000320. The van der Waals surface area contributed by atoms with Crippen molar-refractivity contribution in [3.05, 3.63) is 59.6 Å². The molecule has 2 heterocycles. The van der Waals surface area contributed by atoms with Gasteiger partial charge in [0.1, 0.15) is 22.6 Å². The number of hydrogen-bond donors (Lipinski definition) is 3. The second-order valence-electron chi connectivity index (χ2n) is 7.36. The Kier molecular flexibility index (Phi) is 8.02. The molecule has 30 heavy (non-hydrogen) atoms. The molecule has 0 aliphatic rings. The van der Waals surface area contributed by atoms with Crippen molar-refractivity contribution in [1.29, 1.82) is 0 Å². The summed E-state index contributed by atoms with van der Waals surface area (Å²) in [5.41, 5.74) is 1.05. The minimum absolute atomic E-state index is 0. The van der Waals surface area contributed by atoms with Gasteiger partial charge in [-0.15, -0.1) is 12.4 Å². The molecule has 1 aromatic carbocycles. The molecule has 8 nitrogen and oxygen atoms in total. The number of carbonyl (C=O) groups is 1. The number of hydrogen-bond acceptors (Lipinski definition) is 6. The van der Waals surface area contributed by atoms with Crippen LogP contribution in [0.2, 0.25) is 5.15 Å². The van der Waals surface area contributed by atoms with Gasteiger partial charge in [-0.3, -0.25) is 5.10 Å². The number of ether oxygens (including phenoxy) is 1. The van der Waals surface area contributed by atoms with E-state index in [0.29, 0.717) is 16.8 Å². The smallest absolute Gasteiger partial charge is 0.407 e. The van der Waals surface area contributed by atoms with E-state index in [4.69, 9.17) is 16.3 Å². The van der Waals surface area contributed by atoms with Crippen LogP contribution in [0.25, 0.3) is 11.4 Å². The van der Waals surface area contributed by atoms with E-state index in [2.05, 4.69) is 30.8 Å². The van der Waals surface area contributed by atoms with Crippen LogP contribution in [-0.2, 0) is 4.74 Å². The normalized spacial score (nSPS) is 11.9. The number of para-hydroxylation sites is 1. The Hall–Kier alpha value is -2.84. The summed E-state index contributed by atoms with van der Waals surface area (Å²) in [5, 5.41) is 13.7. The Labute approximate surface area is 186 Å². The Morgan fingerprint density at radius 1 is 1.23 bits per heavy atom. The highest BCUT2D eigenvalue weighted by Crippen LogP contribution is 2.21. The van der Waals surface area contributed by atoms with Crippen LogP contribution in [0.15, 0.2) is 48.7 Å². The Morgan fingerprint density at radius 3 is 2.63 bits per heavy atom. The molecular formula is C20H24Cl2N6O2. The number of aromatic amines is 1. The van der Waals surface area contributed by atoms with E-state index in [1.807, 2.05) is 51.1 Å². The topological polar surface area (TPSA) is 105 Å². The molecular weight excluding hydrogens is 427 g/mol. The summed E-state index contributed by atoms with van der Waals surface area (Å²) in [4.78, 5) is 20.6. The number of nitrogens with zero attached hydrogens (tertiary/aromatic N) is 3. The highest BCUT2D eigenvalue weighted by atomic mass is 35.5. The van der Waals surface area contributed by atoms with Crippen molar-refractivity contribution in [1.82, 2.24) is 25.5 Å². The largest absolute Gasteiger partial charge is 0.444 e. The second-order valence-corrected chi connectivity index (χ2v) is 7.74. The maximum absolute atomic E-state index is 12.1. The van der Waals surface area contributed by atoms with Gasteiger partial charge in [0.2, 0.25) is 0 Å². The predicted molar refractivity (Wildman–Crippen MR) is 119 cm³/mol. The first-order chi connectivity index (χ1) is 13.8. The zero-order valence-electron chi connectivity index (χ0n) is 16.8. The van der Waals surface area contributed by atoms with Gasteiger partial charge in [0, 0.05) is 24.0 Å². The molecule has 3 N–H and O–H groups in total. The van der Waals surface area contributed by atoms with E-state index in [1.54, 1.807) is 18.3 Å². The van der Waals surface area contributed by atoms with Gasteiger partial charge < -0.3 is 15.4 Å². The molecule has 1 unspecified atom stereocenters. The van der Waals surface area contributed by atoms with Crippen LogP contribution in [0.4, 0.5) is 10.5 Å². The maximum atomic E-state index is 12.1. The fourth-order valence-corrected chi connectivity index (χ4v) is 2.73. The molecule has 0 bridgehead atoms. The SMILES string of the molecule is CC(C)(C)OC(=O)NCC(Nc1ccccc1)c1nc(-c2ccnc(Cl)c2)n[nH]1.Cl. The third-order valence-corrected chi connectivity index (χ3v) is 3.99. The lowest BCUT2D eigenvalue weighted by molar-refractivity contribution is 0.0525. The molecule has 0 radical (unpaired) electrons. The number of benzene rings is 1. The number of rotatable bonds is 6. The first-order valence-corrected chi connectivity index (χ1v) is 9.50. The maximum Gasteiger partial charge on any atom is 0.407 e.